The van der Waals surface area contributed by atoms with Crippen molar-refractivity contribution < 1.29 is 28.7 Å². The van der Waals surface area contributed by atoms with Gasteiger partial charge in [-0.25, -0.2) is 14.8 Å². The monoisotopic (exact) mass is 587 g/mol. The number of piperazine rings is 1. The number of esters is 1. The minimum atomic E-state index is -1.04. The van der Waals surface area contributed by atoms with Gasteiger partial charge in [-0.15, -0.1) is 0 Å². The zero-order valence-corrected chi connectivity index (χ0v) is 24.8. The summed E-state index contributed by atoms with van der Waals surface area (Å²) in [6.45, 7) is 8.75. The van der Waals surface area contributed by atoms with E-state index in [2.05, 4.69) is 15.3 Å². The molecule has 1 aromatic heterocycles. The summed E-state index contributed by atoms with van der Waals surface area (Å²) < 4.78 is 10.7. The van der Waals surface area contributed by atoms with Crippen LogP contribution < -0.4 is 5.32 Å². The average Bonchev–Trinajstić information content (AvgIpc) is 2.94. The minimum Gasteiger partial charge on any atom is -0.460 e. The van der Waals surface area contributed by atoms with E-state index in [4.69, 9.17) is 21.1 Å². The molecule has 0 spiro atoms. The first-order valence-electron chi connectivity index (χ1n) is 13.8. The largest absolute Gasteiger partial charge is 0.460 e. The van der Waals surface area contributed by atoms with Crippen LogP contribution in [-0.2, 0) is 19.1 Å². The maximum Gasteiger partial charge on any atom is 0.409 e. The number of aromatic nitrogens is 2. The van der Waals surface area contributed by atoms with Gasteiger partial charge in [-0.3, -0.25) is 14.4 Å². The molecule has 1 N–H and O–H groups in total. The molecule has 0 saturated carbocycles. The summed E-state index contributed by atoms with van der Waals surface area (Å²) in [6.07, 6.45) is 1.23. The molecule has 2 heterocycles. The Morgan fingerprint density at radius 1 is 1.02 bits per heavy atom. The van der Waals surface area contributed by atoms with Crippen LogP contribution in [0.1, 0.15) is 63.9 Å². The van der Waals surface area contributed by atoms with Crippen LogP contribution in [0.25, 0.3) is 11.4 Å². The Morgan fingerprint density at radius 3 is 2.32 bits per heavy atom. The maximum absolute atomic E-state index is 13.6. The summed E-state index contributed by atoms with van der Waals surface area (Å²) in [5.74, 6) is -1.22. The summed E-state index contributed by atoms with van der Waals surface area (Å²) >= 11 is 6.20. The fourth-order valence-corrected chi connectivity index (χ4v) is 4.30. The van der Waals surface area contributed by atoms with E-state index in [1.165, 1.54) is 6.07 Å². The van der Waals surface area contributed by atoms with Gasteiger partial charge in [0.05, 0.1) is 6.61 Å². The van der Waals surface area contributed by atoms with Gasteiger partial charge in [0.2, 0.25) is 5.91 Å². The molecule has 222 valence electrons. The van der Waals surface area contributed by atoms with Gasteiger partial charge in [-0.05, 0) is 33.6 Å². The Labute approximate surface area is 245 Å². The number of rotatable bonds is 10. The van der Waals surface area contributed by atoms with Gasteiger partial charge in [-0.1, -0.05) is 55.3 Å². The number of benzene rings is 1. The van der Waals surface area contributed by atoms with Crippen LogP contribution in [0.4, 0.5) is 4.79 Å². The third kappa shape index (κ3) is 10.00. The number of nitrogens with one attached hydrogen (secondary N) is 1. The van der Waals surface area contributed by atoms with E-state index >= 15 is 0 Å². The van der Waals surface area contributed by atoms with Gasteiger partial charge in [0.25, 0.3) is 5.91 Å². The van der Waals surface area contributed by atoms with Crippen molar-refractivity contribution >= 4 is 35.5 Å². The first kappa shape index (κ1) is 31.8. The Hall–Kier alpha value is -3.73. The zero-order chi connectivity index (χ0) is 30.0. The highest BCUT2D eigenvalue weighted by Crippen LogP contribution is 2.19. The lowest BCUT2D eigenvalue weighted by atomic mass is 10.1. The molecule has 0 radical (unpaired) electrons. The Bertz CT molecular complexity index is 1210. The summed E-state index contributed by atoms with van der Waals surface area (Å²) in [5, 5.41) is 2.80. The number of ether oxygens (including phenoxy) is 2. The molecule has 1 aliphatic heterocycles. The molecule has 3 rings (SSSR count). The first-order valence-corrected chi connectivity index (χ1v) is 14.2. The Kier molecular flexibility index (Phi) is 11.5. The molecular formula is C29H38ClN5O6. The van der Waals surface area contributed by atoms with Crippen LogP contribution >= 0.6 is 11.6 Å². The highest BCUT2D eigenvalue weighted by molar-refractivity contribution is 6.29. The smallest absolute Gasteiger partial charge is 0.409 e. The molecule has 1 fully saturated rings. The fourth-order valence-electron chi connectivity index (χ4n) is 4.12. The molecule has 11 nitrogen and oxygen atoms in total. The highest BCUT2D eigenvalue weighted by atomic mass is 35.5. The highest BCUT2D eigenvalue weighted by Gasteiger charge is 2.32. The Morgan fingerprint density at radius 2 is 1.68 bits per heavy atom. The summed E-state index contributed by atoms with van der Waals surface area (Å²) in [6, 6.07) is 9.34. The van der Waals surface area contributed by atoms with E-state index < -0.39 is 29.6 Å². The van der Waals surface area contributed by atoms with Crippen LogP contribution in [-0.4, -0.2) is 88.1 Å². The van der Waals surface area contributed by atoms with Gasteiger partial charge < -0.3 is 24.6 Å². The minimum absolute atomic E-state index is 0.0152. The third-order valence-corrected chi connectivity index (χ3v) is 6.39. The average molecular weight is 588 g/mol. The van der Waals surface area contributed by atoms with Crippen LogP contribution in [0.2, 0.25) is 5.15 Å². The molecule has 1 aromatic carbocycles. The van der Waals surface area contributed by atoms with Gasteiger partial charge >= 0.3 is 12.1 Å². The third-order valence-electron chi connectivity index (χ3n) is 6.19. The van der Waals surface area contributed by atoms with Gasteiger partial charge in [0, 0.05) is 44.2 Å². The lowest BCUT2D eigenvalue weighted by molar-refractivity contribution is -0.155. The van der Waals surface area contributed by atoms with E-state index in [1.807, 2.05) is 25.1 Å². The summed E-state index contributed by atoms with van der Waals surface area (Å²) in [5.41, 5.74) is -0.0285. The number of unbranched alkanes of at least 4 members (excludes halogenated alkanes) is 1. The van der Waals surface area contributed by atoms with Crippen LogP contribution in [0.15, 0.2) is 36.4 Å². The molecule has 0 bridgehead atoms. The fraction of sp³-hybridized carbons (Fsp3) is 0.517. The van der Waals surface area contributed by atoms with Crippen molar-refractivity contribution in [1.82, 2.24) is 25.1 Å². The van der Waals surface area contributed by atoms with E-state index in [9.17, 15) is 19.2 Å². The molecule has 1 aliphatic rings. The van der Waals surface area contributed by atoms with Crippen molar-refractivity contribution in [3.8, 4) is 11.4 Å². The second-order valence-corrected chi connectivity index (χ2v) is 11.1. The number of hydrogen-bond donors (Lipinski definition) is 1. The van der Waals surface area contributed by atoms with E-state index in [-0.39, 0.29) is 48.5 Å². The lowest BCUT2D eigenvalue weighted by Gasteiger charge is -2.36. The number of amides is 3. The van der Waals surface area contributed by atoms with Crippen LogP contribution in [0.5, 0.6) is 0 Å². The SMILES string of the molecule is CCCCOC(=O)N1CCN(C(=O)[C@H](CCC(=O)OC(C)(C)C)NC(=O)c2cc(Cl)nc(-c3ccccc3)n2)CC1. The number of halogens is 1. The molecule has 41 heavy (non-hydrogen) atoms. The van der Waals surface area contributed by atoms with Crippen LogP contribution in [0.3, 0.4) is 0 Å². The summed E-state index contributed by atoms with van der Waals surface area (Å²) in [4.78, 5) is 63.3. The molecule has 1 saturated heterocycles. The van der Waals surface area contributed by atoms with E-state index in [1.54, 1.807) is 42.7 Å². The predicted molar refractivity (Wildman–Crippen MR) is 153 cm³/mol. The zero-order valence-electron chi connectivity index (χ0n) is 24.0. The van der Waals surface area contributed by atoms with Crippen molar-refractivity contribution in [2.75, 3.05) is 32.8 Å². The van der Waals surface area contributed by atoms with Gasteiger partial charge in [0.1, 0.15) is 22.5 Å². The normalized spacial score (nSPS) is 14.3. The molecule has 0 unspecified atom stereocenters. The number of hydrogen-bond acceptors (Lipinski definition) is 8. The second kappa shape index (κ2) is 14.8. The van der Waals surface area contributed by atoms with Crippen molar-refractivity contribution in [1.29, 1.82) is 0 Å². The molecule has 2 aromatic rings. The lowest BCUT2D eigenvalue weighted by Crippen LogP contribution is -2.56. The number of nitrogens with zero attached hydrogens (tertiary/aromatic N) is 4. The molecule has 3 amide bonds. The van der Waals surface area contributed by atoms with E-state index in [0.717, 1.165) is 12.8 Å². The van der Waals surface area contributed by atoms with Crippen molar-refractivity contribution in [3.63, 3.8) is 0 Å². The predicted octanol–water partition coefficient (Wildman–Crippen LogP) is 4.10. The first-order chi connectivity index (χ1) is 19.5. The van der Waals surface area contributed by atoms with Crippen LogP contribution in [0, 0.1) is 0 Å². The summed E-state index contributed by atoms with van der Waals surface area (Å²) in [7, 11) is 0. The second-order valence-electron chi connectivity index (χ2n) is 10.7. The number of carbonyl (C=O) groups is 4. The van der Waals surface area contributed by atoms with Crippen molar-refractivity contribution in [3.05, 3.63) is 47.2 Å². The molecular weight excluding hydrogens is 550 g/mol. The molecule has 12 heteroatoms. The standard InChI is InChI=1S/C29H38ClN5O6/c1-5-6-18-40-28(39)35-16-14-34(15-17-35)27(38)21(12-13-24(36)41-29(2,3)4)32-26(37)22-19-23(30)33-25(31-22)20-10-8-7-9-11-20/h7-11,19,21H,5-6,12-18H2,1-4H3,(H,32,37)/t21-/m0/s1. The molecule has 1 atom stereocenters. The number of carbonyl (C=O) groups excluding carboxylic acids is 4. The van der Waals surface area contributed by atoms with Crippen molar-refractivity contribution in [2.45, 2.75) is 65.0 Å². The van der Waals surface area contributed by atoms with Gasteiger partial charge in [0.15, 0.2) is 5.82 Å². The topological polar surface area (TPSA) is 131 Å². The Balaban J connectivity index is 1.72. The van der Waals surface area contributed by atoms with E-state index in [0.29, 0.717) is 25.3 Å². The van der Waals surface area contributed by atoms with Crippen molar-refractivity contribution in [2.24, 2.45) is 0 Å². The van der Waals surface area contributed by atoms with Gasteiger partial charge in [-0.2, -0.15) is 0 Å². The molecule has 0 aliphatic carbocycles. The quantitative estimate of drug-likeness (QED) is 0.250. The maximum atomic E-state index is 13.6.